The Morgan fingerprint density at radius 3 is 1.62 bits per heavy atom. The number of halogens is 3. The molecule has 0 fully saturated rings. The molecule has 0 saturated heterocycles. The van der Waals surface area contributed by atoms with Crippen LogP contribution in [0.15, 0.2) is 12.1 Å². The minimum atomic E-state index is -1.39. The Hall–Kier alpha value is -2.05. The summed E-state index contributed by atoms with van der Waals surface area (Å²) < 4.78 is 50.0. The molecule has 0 N–H and O–H groups in total. The van der Waals surface area contributed by atoms with E-state index in [1.807, 2.05) is 0 Å². The molecule has 0 unspecified atom stereocenters. The molecule has 1 aromatic rings. The maximum absolute atomic E-state index is 13.5. The molecule has 1 aromatic carbocycles. The molecule has 7 heteroatoms. The highest BCUT2D eigenvalue weighted by Gasteiger charge is 2.16. The van der Waals surface area contributed by atoms with Crippen molar-refractivity contribution in [2.45, 2.75) is 116 Å². The molecule has 1 rings (SSSR count). The lowest BCUT2D eigenvalue weighted by Gasteiger charge is -2.08. The summed E-state index contributed by atoms with van der Waals surface area (Å²) in [7, 11) is 0. The molecule has 194 valence electrons. The van der Waals surface area contributed by atoms with Crippen LogP contribution >= 0.6 is 0 Å². The van der Waals surface area contributed by atoms with Gasteiger partial charge in [-0.1, -0.05) is 90.4 Å². The van der Waals surface area contributed by atoms with Crippen LogP contribution < -0.4 is 0 Å². The van der Waals surface area contributed by atoms with Gasteiger partial charge in [-0.05, 0) is 18.6 Å². The van der Waals surface area contributed by atoms with E-state index in [4.69, 9.17) is 9.47 Å². The fourth-order valence-electron chi connectivity index (χ4n) is 3.69. The predicted octanol–water partition coefficient (Wildman–Crippen LogP) is 7.95. The number of esters is 2. The lowest BCUT2D eigenvalue weighted by atomic mass is 10.0. The van der Waals surface area contributed by atoms with E-state index in [-0.39, 0.29) is 12.8 Å². The molecule has 4 nitrogen and oxygen atoms in total. The monoisotopic (exact) mass is 486 g/mol. The van der Waals surface area contributed by atoms with Gasteiger partial charge in [-0.2, -0.15) is 0 Å². The van der Waals surface area contributed by atoms with Gasteiger partial charge in [-0.15, -0.1) is 0 Å². The van der Waals surface area contributed by atoms with Gasteiger partial charge >= 0.3 is 11.9 Å². The smallest absolute Gasteiger partial charge is 0.306 e. The Kier molecular flexibility index (Phi) is 17.0. The largest absolute Gasteiger partial charge is 0.466 e. The number of carbonyl (C=O) groups excluding carboxylic acids is 2. The van der Waals surface area contributed by atoms with Gasteiger partial charge in [0.05, 0.1) is 25.0 Å². The van der Waals surface area contributed by atoms with Gasteiger partial charge in [-0.3, -0.25) is 9.59 Å². The van der Waals surface area contributed by atoms with Gasteiger partial charge in [-0.25, -0.2) is 13.2 Å². The highest BCUT2D eigenvalue weighted by atomic mass is 19.2. The summed E-state index contributed by atoms with van der Waals surface area (Å²) in [4.78, 5) is 23.4. The van der Waals surface area contributed by atoms with Crippen LogP contribution in [0.4, 0.5) is 13.2 Å². The van der Waals surface area contributed by atoms with Crippen LogP contribution in [-0.2, 0) is 25.7 Å². The van der Waals surface area contributed by atoms with E-state index in [0.29, 0.717) is 12.7 Å². The first-order chi connectivity index (χ1) is 16.5. The Labute approximate surface area is 202 Å². The average Bonchev–Trinajstić information content (AvgIpc) is 2.82. The van der Waals surface area contributed by atoms with Crippen molar-refractivity contribution < 1.29 is 32.2 Å². The molecule has 0 radical (unpaired) electrons. The second-order valence-electron chi connectivity index (χ2n) is 8.80. The highest BCUT2D eigenvalue weighted by molar-refractivity contribution is 5.77. The SMILES string of the molecule is CCCCCCCCCCCCCCCCOC(=O)CCC(=O)OCc1c(F)ccc(F)c1F. The van der Waals surface area contributed by atoms with Crippen molar-refractivity contribution in [3.05, 3.63) is 35.1 Å². The molecule has 0 heterocycles. The van der Waals surface area contributed by atoms with E-state index in [1.165, 1.54) is 70.6 Å². The van der Waals surface area contributed by atoms with Gasteiger partial charge < -0.3 is 9.47 Å². The van der Waals surface area contributed by atoms with Gasteiger partial charge in [0.15, 0.2) is 11.6 Å². The van der Waals surface area contributed by atoms with E-state index in [1.54, 1.807) is 0 Å². The summed E-state index contributed by atoms with van der Waals surface area (Å²) in [6, 6.07) is 1.42. The molecule has 0 aromatic heterocycles. The molecule has 0 aliphatic heterocycles. The van der Waals surface area contributed by atoms with Crippen molar-refractivity contribution in [2.75, 3.05) is 6.61 Å². The average molecular weight is 487 g/mol. The van der Waals surface area contributed by atoms with Crippen LogP contribution in [0.5, 0.6) is 0 Å². The normalized spacial score (nSPS) is 10.9. The minimum Gasteiger partial charge on any atom is -0.466 e. The summed E-state index contributed by atoms with van der Waals surface area (Å²) in [5.74, 6) is -4.94. The van der Waals surface area contributed by atoms with Gasteiger partial charge in [0.25, 0.3) is 0 Å². The quantitative estimate of drug-likeness (QED) is 0.107. The summed E-state index contributed by atoms with van der Waals surface area (Å²) >= 11 is 0. The lowest BCUT2D eigenvalue weighted by molar-refractivity contribution is -0.151. The zero-order valence-electron chi connectivity index (χ0n) is 20.6. The molecule has 34 heavy (non-hydrogen) atoms. The Morgan fingerprint density at radius 2 is 1.09 bits per heavy atom. The molecular weight excluding hydrogens is 445 g/mol. The first kappa shape index (κ1) is 30.0. The van der Waals surface area contributed by atoms with Crippen molar-refractivity contribution in [1.82, 2.24) is 0 Å². The van der Waals surface area contributed by atoms with E-state index >= 15 is 0 Å². The molecule has 0 aliphatic carbocycles. The molecule has 0 aliphatic rings. The Balaban J connectivity index is 1.94. The highest BCUT2D eigenvalue weighted by Crippen LogP contribution is 2.17. The summed E-state index contributed by atoms with van der Waals surface area (Å²) in [6.45, 7) is 1.82. The summed E-state index contributed by atoms with van der Waals surface area (Å²) in [5.41, 5.74) is -0.659. The number of hydrogen-bond donors (Lipinski definition) is 0. The maximum Gasteiger partial charge on any atom is 0.306 e. The molecule has 0 atom stereocenters. The predicted molar refractivity (Wildman–Crippen MR) is 127 cm³/mol. The topological polar surface area (TPSA) is 52.6 Å². The van der Waals surface area contributed by atoms with Crippen molar-refractivity contribution in [1.29, 1.82) is 0 Å². The zero-order chi connectivity index (χ0) is 25.0. The molecule has 0 saturated carbocycles. The number of unbranched alkanes of at least 4 members (excludes halogenated alkanes) is 13. The van der Waals surface area contributed by atoms with Crippen LogP contribution in [-0.4, -0.2) is 18.5 Å². The number of ether oxygens (including phenoxy) is 2. The second kappa shape index (κ2) is 19.3. The standard InChI is InChI=1S/C27H41F3O4/c1-2-3-4-5-6-7-8-9-10-11-12-13-14-15-20-33-25(31)18-19-26(32)34-21-22-23(28)16-17-24(29)27(22)30/h16-17H,2-15,18-21H2,1H3. The lowest BCUT2D eigenvalue weighted by Crippen LogP contribution is -2.12. The first-order valence-corrected chi connectivity index (χ1v) is 12.9. The van der Waals surface area contributed by atoms with E-state index in [0.717, 1.165) is 25.3 Å². The van der Waals surface area contributed by atoms with Gasteiger partial charge in [0, 0.05) is 0 Å². The van der Waals surface area contributed by atoms with Crippen molar-refractivity contribution in [2.24, 2.45) is 0 Å². The number of rotatable bonds is 20. The third-order valence-corrected chi connectivity index (χ3v) is 5.81. The molecule has 0 amide bonds. The van der Waals surface area contributed by atoms with Crippen LogP contribution in [0.2, 0.25) is 0 Å². The minimum absolute atomic E-state index is 0.175. The Morgan fingerprint density at radius 1 is 0.647 bits per heavy atom. The van der Waals surface area contributed by atoms with Crippen molar-refractivity contribution in [3.8, 4) is 0 Å². The summed E-state index contributed by atoms with van der Waals surface area (Å²) in [6.07, 6.45) is 17.0. The van der Waals surface area contributed by atoms with Crippen LogP contribution in [0.25, 0.3) is 0 Å². The van der Waals surface area contributed by atoms with Gasteiger partial charge in [0.1, 0.15) is 12.4 Å². The molecular formula is C27H41F3O4. The molecule has 0 spiro atoms. The number of carbonyl (C=O) groups is 2. The first-order valence-electron chi connectivity index (χ1n) is 12.9. The number of benzene rings is 1. The van der Waals surface area contributed by atoms with Crippen molar-refractivity contribution in [3.63, 3.8) is 0 Å². The summed E-state index contributed by atoms with van der Waals surface area (Å²) in [5, 5.41) is 0. The van der Waals surface area contributed by atoms with E-state index in [2.05, 4.69) is 6.92 Å². The van der Waals surface area contributed by atoms with Gasteiger partial charge in [0.2, 0.25) is 0 Å². The van der Waals surface area contributed by atoms with Crippen LogP contribution in [0.3, 0.4) is 0 Å². The second-order valence-corrected chi connectivity index (χ2v) is 8.80. The molecule has 0 bridgehead atoms. The van der Waals surface area contributed by atoms with E-state index in [9.17, 15) is 22.8 Å². The van der Waals surface area contributed by atoms with Crippen LogP contribution in [0, 0.1) is 17.5 Å². The van der Waals surface area contributed by atoms with Crippen LogP contribution in [0.1, 0.15) is 115 Å². The number of hydrogen-bond acceptors (Lipinski definition) is 4. The maximum atomic E-state index is 13.5. The third-order valence-electron chi connectivity index (χ3n) is 5.81. The third kappa shape index (κ3) is 14.3. The van der Waals surface area contributed by atoms with Crippen molar-refractivity contribution >= 4 is 11.9 Å². The fourth-order valence-corrected chi connectivity index (χ4v) is 3.69. The fraction of sp³-hybridized carbons (Fsp3) is 0.704. The Bertz CT molecular complexity index is 709. The zero-order valence-corrected chi connectivity index (χ0v) is 20.6. The van der Waals surface area contributed by atoms with E-state index < -0.39 is 41.6 Å².